The fraction of sp³-hybridized carbons (Fsp3) is 0.320. The summed E-state index contributed by atoms with van der Waals surface area (Å²) in [7, 11) is 0. The fourth-order valence-corrected chi connectivity index (χ4v) is 5.28. The molecule has 10 heteroatoms. The van der Waals surface area contributed by atoms with Crippen molar-refractivity contribution in [2.45, 2.75) is 19.9 Å². The largest absolute Gasteiger partial charge is 0.463 e. The van der Waals surface area contributed by atoms with E-state index in [0.717, 1.165) is 19.0 Å². The number of thiazole rings is 1. The van der Waals surface area contributed by atoms with Gasteiger partial charge in [-0.25, -0.2) is 14.2 Å². The summed E-state index contributed by atoms with van der Waals surface area (Å²) < 4.78 is 32.2. The number of ether oxygens (including phenoxy) is 2. The van der Waals surface area contributed by atoms with Crippen molar-refractivity contribution in [3.63, 3.8) is 0 Å². The molecule has 0 radical (unpaired) electrons. The number of esters is 1. The standard InChI is InChI=1S/C25H24FN3O5S/c1-3-33-24(31)21-15(2)27-25-29(22(21)16-4-6-17(26)7-5-16)23(30)19(35-25)14-18-8-9-20(34-18)28-10-12-32-13-11-28/h4-9,14,22H,3,10-13H2,1-2H3/b19-14-/t22-/m0/s1. The lowest BCUT2D eigenvalue weighted by Gasteiger charge is -2.26. The molecule has 1 atom stereocenters. The van der Waals surface area contributed by atoms with Gasteiger partial charge in [-0.05, 0) is 37.6 Å². The number of anilines is 1. The molecule has 0 spiro atoms. The third-order valence-electron chi connectivity index (χ3n) is 5.91. The van der Waals surface area contributed by atoms with E-state index in [1.165, 1.54) is 28.0 Å². The zero-order chi connectivity index (χ0) is 24.5. The zero-order valence-electron chi connectivity index (χ0n) is 19.3. The third kappa shape index (κ3) is 4.46. The van der Waals surface area contributed by atoms with E-state index < -0.39 is 17.8 Å². The Morgan fingerprint density at radius 2 is 1.97 bits per heavy atom. The summed E-state index contributed by atoms with van der Waals surface area (Å²) >= 11 is 1.21. The minimum absolute atomic E-state index is 0.181. The third-order valence-corrected chi connectivity index (χ3v) is 6.89. The second kappa shape index (κ2) is 9.63. The number of nitrogens with zero attached hydrogens (tertiary/aromatic N) is 3. The van der Waals surface area contributed by atoms with Crippen molar-refractivity contribution in [1.29, 1.82) is 0 Å². The van der Waals surface area contributed by atoms with E-state index in [9.17, 15) is 14.0 Å². The van der Waals surface area contributed by atoms with Gasteiger partial charge in [0.1, 0.15) is 11.6 Å². The van der Waals surface area contributed by atoms with E-state index in [1.807, 2.05) is 12.1 Å². The summed E-state index contributed by atoms with van der Waals surface area (Å²) in [6.07, 6.45) is 1.68. The number of aromatic nitrogens is 1. The maximum Gasteiger partial charge on any atom is 0.338 e. The van der Waals surface area contributed by atoms with Gasteiger partial charge in [0.25, 0.3) is 5.56 Å². The monoisotopic (exact) mass is 497 g/mol. The highest BCUT2D eigenvalue weighted by Crippen LogP contribution is 2.30. The Bertz CT molecular complexity index is 1460. The van der Waals surface area contributed by atoms with Crippen LogP contribution in [0.5, 0.6) is 0 Å². The summed E-state index contributed by atoms with van der Waals surface area (Å²) in [5, 5.41) is 0. The lowest BCUT2D eigenvalue weighted by atomic mass is 9.96. The average Bonchev–Trinajstić information content (AvgIpc) is 3.44. The normalized spacial score (nSPS) is 18.4. The molecule has 1 saturated heterocycles. The van der Waals surface area contributed by atoms with Gasteiger partial charge in [0.15, 0.2) is 10.7 Å². The number of benzene rings is 1. The minimum atomic E-state index is -0.784. The molecule has 0 amide bonds. The summed E-state index contributed by atoms with van der Waals surface area (Å²) in [4.78, 5) is 33.5. The van der Waals surface area contributed by atoms with E-state index in [4.69, 9.17) is 13.9 Å². The highest BCUT2D eigenvalue weighted by molar-refractivity contribution is 7.07. The molecule has 0 bridgehead atoms. The van der Waals surface area contributed by atoms with Gasteiger partial charge in [-0.15, -0.1) is 0 Å². The molecule has 35 heavy (non-hydrogen) atoms. The van der Waals surface area contributed by atoms with Crippen molar-refractivity contribution in [2.24, 2.45) is 4.99 Å². The first-order valence-corrected chi connectivity index (χ1v) is 12.2. The number of carbonyl (C=O) groups excluding carboxylic acids is 1. The number of furan rings is 1. The molecule has 4 heterocycles. The molecular weight excluding hydrogens is 473 g/mol. The second-order valence-corrected chi connectivity index (χ2v) is 9.14. The van der Waals surface area contributed by atoms with Gasteiger partial charge in [-0.3, -0.25) is 9.36 Å². The van der Waals surface area contributed by atoms with Gasteiger partial charge in [-0.1, -0.05) is 23.5 Å². The van der Waals surface area contributed by atoms with Crippen molar-refractivity contribution in [3.05, 3.63) is 84.5 Å². The van der Waals surface area contributed by atoms with Gasteiger partial charge in [-0.2, -0.15) is 0 Å². The molecule has 2 aliphatic heterocycles. The first kappa shape index (κ1) is 23.3. The predicted octanol–water partition coefficient (Wildman–Crippen LogP) is 2.37. The summed E-state index contributed by atoms with van der Waals surface area (Å²) in [6, 6.07) is 8.65. The van der Waals surface area contributed by atoms with Crippen LogP contribution in [0.3, 0.4) is 0 Å². The van der Waals surface area contributed by atoms with Crippen molar-refractivity contribution >= 4 is 29.3 Å². The number of hydrogen-bond acceptors (Lipinski definition) is 8. The molecular formula is C25H24FN3O5S. The molecule has 3 aromatic rings. The maximum atomic E-state index is 13.7. The Kier molecular flexibility index (Phi) is 6.40. The summed E-state index contributed by atoms with van der Waals surface area (Å²) in [5.74, 6) is 0.292. The molecule has 0 aliphatic carbocycles. The average molecular weight is 498 g/mol. The number of hydrogen-bond donors (Lipinski definition) is 0. The Hall–Kier alpha value is -3.50. The van der Waals surface area contributed by atoms with Crippen LogP contribution in [-0.2, 0) is 14.3 Å². The highest BCUT2D eigenvalue weighted by atomic mass is 32.1. The SMILES string of the molecule is CCOC(=O)C1=C(C)N=c2s/c(=C\c3ccc(N4CCOCC4)o3)c(=O)n2[C@H]1c1ccc(F)cc1. The molecule has 0 unspecified atom stereocenters. The molecule has 182 valence electrons. The van der Waals surface area contributed by atoms with Gasteiger partial charge < -0.3 is 18.8 Å². The van der Waals surface area contributed by atoms with Gasteiger partial charge in [0.05, 0.1) is 41.7 Å². The number of allylic oxidation sites excluding steroid dienone is 1. The Morgan fingerprint density at radius 3 is 2.69 bits per heavy atom. The summed E-state index contributed by atoms with van der Waals surface area (Å²) in [5.41, 5.74) is 0.980. The first-order valence-electron chi connectivity index (χ1n) is 11.3. The molecule has 2 aliphatic rings. The van der Waals surface area contributed by atoms with E-state index in [1.54, 1.807) is 32.1 Å². The maximum absolute atomic E-state index is 13.7. The van der Waals surface area contributed by atoms with Crippen LogP contribution in [0.15, 0.2) is 61.9 Å². The van der Waals surface area contributed by atoms with Crippen LogP contribution in [0, 0.1) is 5.82 Å². The van der Waals surface area contributed by atoms with Crippen LogP contribution in [-0.4, -0.2) is 43.4 Å². The quantitative estimate of drug-likeness (QED) is 0.503. The van der Waals surface area contributed by atoms with Crippen LogP contribution in [0.4, 0.5) is 10.3 Å². The molecule has 8 nitrogen and oxygen atoms in total. The molecule has 1 fully saturated rings. The van der Waals surface area contributed by atoms with Crippen LogP contribution >= 0.6 is 11.3 Å². The number of halogens is 1. The van der Waals surface area contributed by atoms with Crippen LogP contribution in [0.25, 0.3) is 6.08 Å². The highest BCUT2D eigenvalue weighted by Gasteiger charge is 2.33. The number of carbonyl (C=O) groups is 1. The van der Waals surface area contributed by atoms with Crippen molar-refractivity contribution in [1.82, 2.24) is 4.57 Å². The summed E-state index contributed by atoms with van der Waals surface area (Å²) in [6.45, 7) is 6.36. The van der Waals surface area contributed by atoms with Crippen molar-refractivity contribution in [2.75, 3.05) is 37.8 Å². The van der Waals surface area contributed by atoms with Gasteiger partial charge in [0.2, 0.25) is 0 Å². The van der Waals surface area contributed by atoms with Crippen molar-refractivity contribution < 1.29 is 23.1 Å². The molecule has 0 N–H and O–H groups in total. The van der Waals surface area contributed by atoms with E-state index in [2.05, 4.69) is 9.89 Å². The Balaban J connectivity index is 1.60. The molecule has 5 rings (SSSR count). The zero-order valence-corrected chi connectivity index (χ0v) is 20.1. The fourth-order valence-electron chi connectivity index (χ4n) is 4.25. The minimum Gasteiger partial charge on any atom is -0.463 e. The van der Waals surface area contributed by atoms with Gasteiger partial charge >= 0.3 is 5.97 Å². The Morgan fingerprint density at radius 1 is 1.23 bits per heavy atom. The lowest BCUT2D eigenvalue weighted by molar-refractivity contribution is -0.139. The number of fused-ring (bicyclic) bond motifs is 1. The van der Waals surface area contributed by atoms with Crippen molar-refractivity contribution in [3.8, 4) is 0 Å². The van der Waals surface area contributed by atoms with Crippen LogP contribution in [0.1, 0.15) is 31.2 Å². The Labute approximate surface area is 204 Å². The number of rotatable bonds is 5. The topological polar surface area (TPSA) is 86.3 Å². The molecule has 2 aromatic heterocycles. The van der Waals surface area contributed by atoms with E-state index >= 15 is 0 Å². The lowest BCUT2D eigenvalue weighted by Crippen LogP contribution is -2.39. The van der Waals surface area contributed by atoms with E-state index in [0.29, 0.717) is 39.6 Å². The van der Waals surface area contributed by atoms with E-state index in [-0.39, 0.29) is 17.7 Å². The molecule has 0 saturated carbocycles. The molecule has 1 aromatic carbocycles. The second-order valence-electron chi connectivity index (χ2n) is 8.13. The first-order chi connectivity index (χ1) is 17.0. The number of morpholine rings is 1. The van der Waals surface area contributed by atoms with Gasteiger partial charge in [0, 0.05) is 25.2 Å². The van der Waals surface area contributed by atoms with Crippen LogP contribution in [0.2, 0.25) is 0 Å². The van der Waals surface area contributed by atoms with Crippen LogP contribution < -0.4 is 19.8 Å². The smallest absolute Gasteiger partial charge is 0.338 e. The predicted molar refractivity (Wildman–Crippen MR) is 129 cm³/mol.